The summed E-state index contributed by atoms with van der Waals surface area (Å²) in [6.07, 6.45) is 3.60. The Morgan fingerprint density at radius 3 is 2.76 bits per heavy atom. The van der Waals surface area contributed by atoms with Gasteiger partial charge in [0, 0.05) is 19.9 Å². The summed E-state index contributed by atoms with van der Waals surface area (Å²) in [4.78, 5) is 17.5. The van der Waals surface area contributed by atoms with E-state index in [1.54, 1.807) is 13.3 Å². The van der Waals surface area contributed by atoms with Crippen LogP contribution in [-0.4, -0.2) is 41.6 Å². The molecule has 2 aromatic rings. The molecule has 3 rings (SSSR count). The van der Waals surface area contributed by atoms with Crippen LogP contribution in [0.15, 0.2) is 48.7 Å². The van der Waals surface area contributed by atoms with E-state index in [-0.39, 0.29) is 18.1 Å². The van der Waals surface area contributed by atoms with E-state index >= 15 is 0 Å². The Labute approximate surface area is 124 Å². The number of likely N-dealkylation sites (tertiary alicyclic amines) is 1. The molecular formula is C17H20N2O2. The third-order valence-electron chi connectivity index (χ3n) is 4.16. The Hall–Kier alpha value is -2.07. The standard InChI is InChI=1S/C17H20N2O2/c1-21-16-9-11-19(17(20)14-8-5-10-18-14)15(16)12-13-6-3-2-4-7-13/h2-8,10,15-16,18H,9,11-12H2,1H3/t15-,16-/m1/s1. The van der Waals surface area contributed by atoms with Gasteiger partial charge in [0.25, 0.3) is 5.91 Å². The number of amides is 1. The van der Waals surface area contributed by atoms with E-state index in [4.69, 9.17) is 4.74 Å². The number of aromatic amines is 1. The van der Waals surface area contributed by atoms with Gasteiger partial charge in [-0.2, -0.15) is 0 Å². The van der Waals surface area contributed by atoms with Crippen LogP contribution in [-0.2, 0) is 11.2 Å². The van der Waals surface area contributed by atoms with Crippen LogP contribution in [0, 0.1) is 0 Å². The van der Waals surface area contributed by atoms with Crippen LogP contribution in [0.2, 0.25) is 0 Å². The summed E-state index contributed by atoms with van der Waals surface area (Å²) in [5.74, 6) is 0.0560. The predicted octanol–water partition coefficient (Wildman–Crippen LogP) is 2.49. The Morgan fingerprint density at radius 1 is 1.29 bits per heavy atom. The number of ether oxygens (including phenoxy) is 1. The third-order valence-corrected chi connectivity index (χ3v) is 4.16. The van der Waals surface area contributed by atoms with Gasteiger partial charge in [0.2, 0.25) is 0 Å². The van der Waals surface area contributed by atoms with Crippen molar-refractivity contribution < 1.29 is 9.53 Å². The number of hydrogen-bond acceptors (Lipinski definition) is 2. The van der Waals surface area contributed by atoms with Crippen LogP contribution < -0.4 is 0 Å². The second-order valence-electron chi connectivity index (χ2n) is 5.40. The van der Waals surface area contributed by atoms with Crippen molar-refractivity contribution in [2.45, 2.75) is 25.0 Å². The molecule has 4 nitrogen and oxygen atoms in total. The molecule has 0 radical (unpaired) electrons. The lowest BCUT2D eigenvalue weighted by molar-refractivity contribution is 0.0505. The molecule has 0 saturated carbocycles. The molecule has 1 fully saturated rings. The maximum atomic E-state index is 12.6. The lowest BCUT2D eigenvalue weighted by Crippen LogP contribution is -2.41. The zero-order valence-corrected chi connectivity index (χ0v) is 12.2. The monoisotopic (exact) mass is 284 g/mol. The first-order valence-electron chi connectivity index (χ1n) is 7.30. The number of H-pyrrole nitrogens is 1. The molecule has 0 aliphatic carbocycles. The number of nitrogens with zero attached hydrogens (tertiary/aromatic N) is 1. The van der Waals surface area contributed by atoms with Gasteiger partial charge in [0.15, 0.2) is 0 Å². The van der Waals surface area contributed by atoms with Gasteiger partial charge in [-0.15, -0.1) is 0 Å². The first kappa shape index (κ1) is 13.9. The predicted molar refractivity (Wildman–Crippen MR) is 81.2 cm³/mol. The van der Waals surface area contributed by atoms with Gasteiger partial charge in [0.1, 0.15) is 5.69 Å². The van der Waals surface area contributed by atoms with Crippen molar-refractivity contribution in [3.05, 3.63) is 59.9 Å². The molecule has 1 N–H and O–H groups in total. The molecule has 1 saturated heterocycles. The fourth-order valence-electron chi connectivity index (χ4n) is 3.07. The summed E-state index contributed by atoms with van der Waals surface area (Å²) in [5, 5.41) is 0. The maximum Gasteiger partial charge on any atom is 0.270 e. The Balaban J connectivity index is 1.80. The number of hydrogen-bond donors (Lipinski definition) is 1. The zero-order chi connectivity index (χ0) is 14.7. The first-order chi connectivity index (χ1) is 10.3. The molecule has 1 aliphatic rings. The molecular weight excluding hydrogens is 264 g/mol. The van der Waals surface area contributed by atoms with Crippen molar-refractivity contribution in [3.8, 4) is 0 Å². The zero-order valence-electron chi connectivity index (χ0n) is 12.2. The average Bonchev–Trinajstić information content (AvgIpc) is 3.17. The highest BCUT2D eigenvalue weighted by atomic mass is 16.5. The third kappa shape index (κ3) is 2.85. The van der Waals surface area contributed by atoms with Gasteiger partial charge >= 0.3 is 0 Å². The van der Waals surface area contributed by atoms with Gasteiger partial charge in [-0.05, 0) is 30.5 Å². The van der Waals surface area contributed by atoms with E-state index in [1.807, 2.05) is 35.2 Å². The van der Waals surface area contributed by atoms with Crippen LogP contribution in [0.4, 0.5) is 0 Å². The summed E-state index contributed by atoms with van der Waals surface area (Å²) in [7, 11) is 1.73. The van der Waals surface area contributed by atoms with Gasteiger partial charge in [-0.25, -0.2) is 0 Å². The molecule has 4 heteroatoms. The Kier molecular flexibility index (Phi) is 4.06. The highest BCUT2D eigenvalue weighted by Gasteiger charge is 2.37. The highest BCUT2D eigenvalue weighted by molar-refractivity contribution is 5.92. The second-order valence-corrected chi connectivity index (χ2v) is 5.40. The number of benzene rings is 1. The summed E-state index contributed by atoms with van der Waals surface area (Å²) < 4.78 is 5.59. The molecule has 0 spiro atoms. The Morgan fingerprint density at radius 2 is 2.10 bits per heavy atom. The number of aromatic nitrogens is 1. The summed E-state index contributed by atoms with van der Waals surface area (Å²) in [5.41, 5.74) is 1.88. The van der Waals surface area contributed by atoms with E-state index in [9.17, 15) is 4.79 Å². The van der Waals surface area contributed by atoms with Gasteiger partial charge in [-0.3, -0.25) is 4.79 Å². The van der Waals surface area contributed by atoms with Crippen LogP contribution in [0.3, 0.4) is 0 Å². The van der Waals surface area contributed by atoms with Gasteiger partial charge in [0.05, 0.1) is 12.1 Å². The first-order valence-corrected chi connectivity index (χ1v) is 7.30. The molecule has 2 atom stereocenters. The quantitative estimate of drug-likeness (QED) is 0.937. The van der Waals surface area contributed by atoms with Crippen molar-refractivity contribution in [1.82, 2.24) is 9.88 Å². The molecule has 21 heavy (non-hydrogen) atoms. The topological polar surface area (TPSA) is 45.3 Å². The van der Waals surface area contributed by atoms with Crippen molar-refractivity contribution in [1.29, 1.82) is 0 Å². The maximum absolute atomic E-state index is 12.6. The molecule has 0 unspecified atom stereocenters. The van der Waals surface area contributed by atoms with E-state index < -0.39 is 0 Å². The van der Waals surface area contributed by atoms with Crippen molar-refractivity contribution in [2.24, 2.45) is 0 Å². The number of methoxy groups -OCH3 is 1. The van der Waals surface area contributed by atoms with Gasteiger partial charge < -0.3 is 14.6 Å². The number of rotatable bonds is 4. The van der Waals surface area contributed by atoms with Crippen molar-refractivity contribution in [3.63, 3.8) is 0 Å². The fraction of sp³-hybridized carbons (Fsp3) is 0.353. The number of nitrogens with one attached hydrogen (secondary N) is 1. The molecule has 110 valence electrons. The summed E-state index contributed by atoms with van der Waals surface area (Å²) in [6.45, 7) is 0.744. The van der Waals surface area contributed by atoms with E-state index in [1.165, 1.54) is 5.56 Å². The van der Waals surface area contributed by atoms with E-state index in [0.29, 0.717) is 5.69 Å². The molecule has 1 aliphatic heterocycles. The van der Waals surface area contributed by atoms with Crippen molar-refractivity contribution in [2.75, 3.05) is 13.7 Å². The van der Waals surface area contributed by atoms with Gasteiger partial charge in [-0.1, -0.05) is 30.3 Å². The molecule has 2 heterocycles. The fourth-order valence-corrected chi connectivity index (χ4v) is 3.07. The average molecular weight is 284 g/mol. The second kappa shape index (κ2) is 6.14. The minimum Gasteiger partial charge on any atom is -0.379 e. The summed E-state index contributed by atoms with van der Waals surface area (Å²) >= 11 is 0. The number of carbonyl (C=O) groups excluding carboxylic acids is 1. The minimum atomic E-state index is 0.0560. The van der Waals surface area contributed by atoms with Crippen LogP contribution in [0.5, 0.6) is 0 Å². The highest BCUT2D eigenvalue weighted by Crippen LogP contribution is 2.25. The van der Waals surface area contributed by atoms with Crippen LogP contribution in [0.1, 0.15) is 22.5 Å². The summed E-state index contributed by atoms with van der Waals surface area (Å²) in [6, 6.07) is 14.0. The number of carbonyl (C=O) groups is 1. The lowest BCUT2D eigenvalue weighted by atomic mass is 10.0. The lowest BCUT2D eigenvalue weighted by Gasteiger charge is -2.27. The Bertz CT molecular complexity index is 580. The van der Waals surface area contributed by atoms with E-state index in [0.717, 1.165) is 19.4 Å². The normalized spacial score (nSPS) is 21.7. The minimum absolute atomic E-state index is 0.0560. The van der Waals surface area contributed by atoms with Crippen LogP contribution in [0.25, 0.3) is 0 Å². The largest absolute Gasteiger partial charge is 0.379 e. The van der Waals surface area contributed by atoms with Crippen molar-refractivity contribution >= 4 is 5.91 Å². The molecule has 1 amide bonds. The molecule has 1 aromatic heterocycles. The van der Waals surface area contributed by atoms with E-state index in [2.05, 4.69) is 17.1 Å². The SMILES string of the molecule is CO[C@@H]1CCN(C(=O)c2ccc[nH]2)[C@@H]1Cc1ccccc1. The molecule has 1 aromatic carbocycles. The molecule has 0 bridgehead atoms. The smallest absolute Gasteiger partial charge is 0.270 e. The van der Waals surface area contributed by atoms with Crippen LogP contribution >= 0.6 is 0 Å².